The van der Waals surface area contributed by atoms with E-state index >= 15 is 0 Å². The van der Waals surface area contributed by atoms with Crippen LogP contribution in [0, 0.1) is 3.70 Å². The van der Waals surface area contributed by atoms with E-state index in [9.17, 15) is 4.79 Å². The van der Waals surface area contributed by atoms with Gasteiger partial charge < -0.3 is 9.47 Å². The number of aromatic nitrogens is 2. The van der Waals surface area contributed by atoms with Crippen molar-refractivity contribution >= 4 is 28.5 Å². The minimum atomic E-state index is 0.149. The topological polar surface area (TPSA) is 38.1 Å². The summed E-state index contributed by atoms with van der Waals surface area (Å²) in [6.07, 6.45) is 0.954. The molecule has 0 fully saturated rings. The van der Waals surface area contributed by atoms with Crippen molar-refractivity contribution < 1.29 is 4.79 Å². The number of nitrogens with zero attached hydrogens (tertiary/aromatic N) is 3. The Morgan fingerprint density at radius 2 is 2.27 bits per heavy atom. The average Bonchev–Trinajstić information content (AvgIpc) is 2.55. The first-order chi connectivity index (χ1) is 7.13. The minimum Gasteiger partial charge on any atom is -0.335 e. The number of aryl methyl sites for hydroxylation is 1. The van der Waals surface area contributed by atoms with Gasteiger partial charge in [-0.2, -0.15) is 0 Å². The first kappa shape index (κ1) is 10.9. The summed E-state index contributed by atoms with van der Waals surface area (Å²) in [6.45, 7) is 6.14. The van der Waals surface area contributed by atoms with E-state index in [1.165, 1.54) is 5.69 Å². The summed E-state index contributed by atoms with van der Waals surface area (Å²) in [4.78, 5) is 17.7. The number of halogens is 1. The predicted molar refractivity (Wildman–Crippen MR) is 65.4 cm³/mol. The number of carbonyl (C=O) groups is 1. The lowest BCUT2D eigenvalue weighted by atomic mass is 10.3. The number of hydrogen-bond donors (Lipinski definition) is 0. The third kappa shape index (κ3) is 1.89. The van der Waals surface area contributed by atoms with Gasteiger partial charge in [0.1, 0.15) is 9.53 Å². The van der Waals surface area contributed by atoms with Crippen molar-refractivity contribution in [3.8, 4) is 0 Å². The van der Waals surface area contributed by atoms with Gasteiger partial charge in [0.15, 0.2) is 0 Å². The molecule has 2 rings (SSSR count). The minimum absolute atomic E-state index is 0.149. The second-order valence-corrected chi connectivity index (χ2v) is 4.73. The van der Waals surface area contributed by atoms with Crippen LogP contribution < -0.4 is 0 Å². The van der Waals surface area contributed by atoms with Crippen LogP contribution in [0.15, 0.2) is 0 Å². The summed E-state index contributed by atoms with van der Waals surface area (Å²) < 4.78 is 3.29. The van der Waals surface area contributed by atoms with Crippen molar-refractivity contribution in [1.29, 1.82) is 0 Å². The van der Waals surface area contributed by atoms with Crippen molar-refractivity contribution in [2.45, 2.75) is 33.4 Å². The number of rotatable bonds is 1. The molecule has 0 spiro atoms. The summed E-state index contributed by atoms with van der Waals surface area (Å²) in [6, 6.07) is 0. The summed E-state index contributed by atoms with van der Waals surface area (Å²) in [5.41, 5.74) is 1.19. The summed E-state index contributed by atoms with van der Waals surface area (Å²) in [5, 5.41) is 0. The lowest BCUT2D eigenvalue weighted by Crippen LogP contribution is -2.37. The summed E-state index contributed by atoms with van der Waals surface area (Å²) in [5.74, 6) is 1.29. The molecule has 1 aliphatic heterocycles. The Balaban J connectivity index is 2.33. The molecule has 0 bridgehead atoms. The molecule has 0 radical (unpaired) electrons. The van der Waals surface area contributed by atoms with Crippen molar-refractivity contribution in [3.05, 3.63) is 15.2 Å². The molecule has 0 aliphatic carbocycles. The normalized spacial score (nSPS) is 15.3. The smallest absolute Gasteiger partial charge is 0.219 e. The summed E-state index contributed by atoms with van der Waals surface area (Å²) in [7, 11) is 0. The van der Waals surface area contributed by atoms with E-state index in [0.29, 0.717) is 6.54 Å². The molecule has 1 amide bonds. The van der Waals surface area contributed by atoms with Gasteiger partial charge in [-0.05, 0) is 22.6 Å². The van der Waals surface area contributed by atoms with Crippen LogP contribution in [0.25, 0.3) is 0 Å². The molecule has 82 valence electrons. The Bertz CT molecular complexity index is 400. The van der Waals surface area contributed by atoms with E-state index in [1.807, 2.05) is 4.90 Å². The fraction of sp³-hybridized carbons (Fsp3) is 0.600. The van der Waals surface area contributed by atoms with E-state index in [0.717, 1.165) is 29.0 Å². The van der Waals surface area contributed by atoms with Crippen LogP contribution in [-0.4, -0.2) is 26.9 Å². The van der Waals surface area contributed by atoms with Crippen molar-refractivity contribution in [1.82, 2.24) is 14.5 Å². The van der Waals surface area contributed by atoms with E-state index in [4.69, 9.17) is 0 Å². The Morgan fingerprint density at radius 3 is 2.87 bits per heavy atom. The first-order valence-electron chi connectivity index (χ1n) is 5.12. The zero-order valence-corrected chi connectivity index (χ0v) is 11.1. The highest BCUT2D eigenvalue weighted by Gasteiger charge is 2.23. The van der Waals surface area contributed by atoms with Gasteiger partial charge in [-0.1, -0.05) is 6.92 Å². The van der Waals surface area contributed by atoms with Gasteiger partial charge in [0.05, 0.1) is 12.2 Å². The highest BCUT2D eigenvalue weighted by molar-refractivity contribution is 14.1. The third-order valence-corrected chi connectivity index (χ3v) is 3.66. The molecule has 0 saturated heterocycles. The number of imidazole rings is 1. The van der Waals surface area contributed by atoms with Crippen LogP contribution in [0.4, 0.5) is 0 Å². The van der Waals surface area contributed by atoms with Crippen LogP contribution >= 0.6 is 22.6 Å². The van der Waals surface area contributed by atoms with Crippen molar-refractivity contribution in [2.75, 3.05) is 6.54 Å². The Labute approximate surface area is 103 Å². The number of amides is 1. The Kier molecular flexibility index (Phi) is 2.99. The van der Waals surface area contributed by atoms with Gasteiger partial charge in [-0.3, -0.25) is 4.79 Å². The largest absolute Gasteiger partial charge is 0.335 e. The van der Waals surface area contributed by atoms with Gasteiger partial charge in [-0.25, -0.2) is 4.98 Å². The average molecular weight is 319 g/mol. The van der Waals surface area contributed by atoms with Crippen LogP contribution in [0.3, 0.4) is 0 Å². The molecule has 15 heavy (non-hydrogen) atoms. The molecule has 0 unspecified atom stereocenters. The molecule has 0 N–H and O–H groups in total. The van der Waals surface area contributed by atoms with E-state index in [-0.39, 0.29) is 5.91 Å². The number of fused-ring (bicyclic) bond motifs is 1. The summed E-state index contributed by atoms with van der Waals surface area (Å²) >= 11 is 2.25. The maximum atomic E-state index is 11.3. The van der Waals surface area contributed by atoms with Gasteiger partial charge in [-0.15, -0.1) is 0 Å². The molecule has 5 heteroatoms. The quantitative estimate of drug-likeness (QED) is 0.734. The SMILES string of the molecule is CCc1nc(I)c2n1CCN(C(C)=O)C2. The second kappa shape index (κ2) is 4.11. The van der Waals surface area contributed by atoms with Crippen molar-refractivity contribution in [2.24, 2.45) is 0 Å². The Morgan fingerprint density at radius 1 is 1.53 bits per heavy atom. The molecule has 2 heterocycles. The van der Waals surface area contributed by atoms with Gasteiger partial charge in [0, 0.05) is 26.4 Å². The van der Waals surface area contributed by atoms with Crippen LogP contribution in [0.2, 0.25) is 0 Å². The first-order valence-corrected chi connectivity index (χ1v) is 6.20. The number of carbonyl (C=O) groups excluding carboxylic acids is 1. The predicted octanol–water partition coefficient (Wildman–Crippen LogP) is 1.41. The van der Waals surface area contributed by atoms with Crippen LogP contribution in [-0.2, 0) is 24.3 Å². The molecule has 1 aliphatic rings. The molecular formula is C10H14IN3O. The monoisotopic (exact) mass is 319 g/mol. The third-order valence-electron chi connectivity index (χ3n) is 2.80. The zero-order valence-electron chi connectivity index (χ0n) is 8.96. The lowest BCUT2D eigenvalue weighted by molar-refractivity contribution is -0.130. The zero-order chi connectivity index (χ0) is 11.0. The molecular weight excluding hydrogens is 305 g/mol. The fourth-order valence-corrected chi connectivity index (χ4v) is 2.68. The van der Waals surface area contributed by atoms with E-state index in [1.54, 1.807) is 6.92 Å². The standard InChI is InChI=1S/C10H14IN3O/c1-3-9-12-10(11)8-6-13(7(2)15)4-5-14(8)9/h3-6H2,1-2H3. The van der Waals surface area contributed by atoms with E-state index < -0.39 is 0 Å². The fourth-order valence-electron chi connectivity index (χ4n) is 1.94. The molecule has 1 aromatic heterocycles. The van der Waals surface area contributed by atoms with Crippen molar-refractivity contribution in [3.63, 3.8) is 0 Å². The second-order valence-electron chi connectivity index (χ2n) is 3.71. The highest BCUT2D eigenvalue weighted by atomic mass is 127. The molecule has 1 aromatic rings. The molecule has 0 aromatic carbocycles. The Hall–Kier alpha value is -0.590. The maximum absolute atomic E-state index is 11.3. The number of hydrogen-bond acceptors (Lipinski definition) is 2. The lowest BCUT2D eigenvalue weighted by Gasteiger charge is -2.28. The van der Waals surface area contributed by atoms with E-state index in [2.05, 4.69) is 39.1 Å². The maximum Gasteiger partial charge on any atom is 0.219 e. The van der Waals surface area contributed by atoms with Gasteiger partial charge in [0.25, 0.3) is 0 Å². The van der Waals surface area contributed by atoms with Crippen LogP contribution in [0.1, 0.15) is 25.4 Å². The molecule has 0 atom stereocenters. The van der Waals surface area contributed by atoms with Gasteiger partial charge in [0.2, 0.25) is 5.91 Å². The van der Waals surface area contributed by atoms with Gasteiger partial charge >= 0.3 is 0 Å². The molecule has 4 nitrogen and oxygen atoms in total. The molecule has 0 saturated carbocycles. The highest BCUT2D eigenvalue weighted by Crippen LogP contribution is 2.20. The van der Waals surface area contributed by atoms with Crippen LogP contribution in [0.5, 0.6) is 0 Å².